The number of nitro groups is 1. The van der Waals surface area contributed by atoms with Crippen LogP contribution in [0.25, 0.3) is 10.9 Å². The summed E-state index contributed by atoms with van der Waals surface area (Å²) < 4.78 is 14.3. The first kappa shape index (κ1) is 15.2. The van der Waals surface area contributed by atoms with E-state index in [-0.39, 0.29) is 17.4 Å². The van der Waals surface area contributed by atoms with E-state index >= 15 is 0 Å². The quantitative estimate of drug-likeness (QED) is 0.664. The number of hydrogen-bond acceptors (Lipinski definition) is 4. The molecule has 1 unspecified atom stereocenters. The van der Waals surface area contributed by atoms with Crippen molar-refractivity contribution in [3.63, 3.8) is 0 Å². The fourth-order valence-corrected chi connectivity index (χ4v) is 2.41. The lowest BCUT2D eigenvalue weighted by atomic mass is 10.0. The molecule has 2 aromatic rings. The first-order valence-electron chi connectivity index (χ1n) is 6.93. The van der Waals surface area contributed by atoms with Crippen molar-refractivity contribution in [2.45, 2.75) is 33.2 Å². The van der Waals surface area contributed by atoms with E-state index in [0.29, 0.717) is 16.8 Å². The maximum atomic E-state index is 14.3. The third kappa shape index (κ3) is 2.94. The second-order valence-electron chi connectivity index (χ2n) is 5.31. The molecule has 1 aromatic heterocycles. The topological polar surface area (TPSA) is 68.1 Å². The lowest BCUT2D eigenvalue weighted by Crippen LogP contribution is -2.25. The molecule has 112 valence electrons. The molecule has 0 bridgehead atoms. The zero-order valence-electron chi connectivity index (χ0n) is 12.3. The monoisotopic (exact) mass is 291 g/mol. The van der Waals surface area contributed by atoms with Gasteiger partial charge in [0, 0.05) is 12.2 Å². The van der Waals surface area contributed by atoms with E-state index in [1.54, 1.807) is 12.1 Å². The van der Waals surface area contributed by atoms with Gasteiger partial charge in [-0.3, -0.25) is 15.1 Å². The molecule has 1 N–H and O–H groups in total. The molecule has 5 nitrogen and oxygen atoms in total. The van der Waals surface area contributed by atoms with E-state index in [2.05, 4.69) is 10.3 Å². The second kappa shape index (κ2) is 6.03. The van der Waals surface area contributed by atoms with Crippen LogP contribution in [0, 0.1) is 21.8 Å². The normalized spacial score (nSPS) is 12.6. The largest absolute Gasteiger partial charge is 0.378 e. The van der Waals surface area contributed by atoms with Crippen LogP contribution in [-0.2, 0) is 0 Å². The minimum Gasteiger partial charge on any atom is -0.378 e. The van der Waals surface area contributed by atoms with Crippen LogP contribution in [0.2, 0.25) is 0 Å². The third-order valence-corrected chi connectivity index (χ3v) is 3.59. The zero-order chi connectivity index (χ0) is 15.6. The Hall–Kier alpha value is -2.24. The molecule has 0 saturated carbocycles. The fourth-order valence-electron chi connectivity index (χ4n) is 2.41. The average molecular weight is 291 g/mol. The van der Waals surface area contributed by atoms with E-state index in [4.69, 9.17) is 0 Å². The van der Waals surface area contributed by atoms with Gasteiger partial charge in [0.25, 0.3) is 5.69 Å². The summed E-state index contributed by atoms with van der Waals surface area (Å²) in [4.78, 5) is 14.6. The lowest BCUT2D eigenvalue weighted by molar-refractivity contribution is -0.383. The third-order valence-electron chi connectivity index (χ3n) is 3.59. The second-order valence-corrected chi connectivity index (χ2v) is 5.31. The van der Waals surface area contributed by atoms with Gasteiger partial charge in [-0.25, -0.2) is 4.39 Å². The Balaban J connectivity index is 2.62. The Morgan fingerprint density at radius 1 is 1.48 bits per heavy atom. The van der Waals surface area contributed by atoms with E-state index in [1.165, 1.54) is 6.20 Å². The van der Waals surface area contributed by atoms with Crippen LogP contribution < -0.4 is 5.32 Å². The van der Waals surface area contributed by atoms with Crippen LogP contribution in [0.1, 0.15) is 27.2 Å². The molecule has 21 heavy (non-hydrogen) atoms. The van der Waals surface area contributed by atoms with Gasteiger partial charge in [-0.15, -0.1) is 0 Å². The van der Waals surface area contributed by atoms with Gasteiger partial charge in [0.05, 0.1) is 22.1 Å². The summed E-state index contributed by atoms with van der Waals surface area (Å²) in [7, 11) is 0. The number of anilines is 1. The van der Waals surface area contributed by atoms with Gasteiger partial charge in [-0.1, -0.05) is 20.8 Å². The number of nitrogens with zero attached hydrogens (tertiary/aromatic N) is 2. The molecule has 0 aliphatic heterocycles. The Morgan fingerprint density at radius 3 is 2.76 bits per heavy atom. The molecule has 1 atom stereocenters. The number of benzene rings is 1. The zero-order valence-corrected chi connectivity index (χ0v) is 12.3. The van der Waals surface area contributed by atoms with Crippen molar-refractivity contribution in [2.24, 2.45) is 5.92 Å². The Labute approximate surface area is 122 Å². The van der Waals surface area contributed by atoms with Crippen LogP contribution in [-0.4, -0.2) is 15.9 Å². The highest BCUT2D eigenvalue weighted by Crippen LogP contribution is 2.33. The highest BCUT2D eigenvalue weighted by molar-refractivity contribution is 5.97. The summed E-state index contributed by atoms with van der Waals surface area (Å²) in [5.74, 6) is -0.338. The number of aromatic nitrogens is 1. The van der Waals surface area contributed by atoms with Crippen molar-refractivity contribution < 1.29 is 9.31 Å². The SMILES string of the molecule is CCC(Nc1c(F)cc([N+](=O)[O-])c2cccnc12)C(C)C. The van der Waals surface area contributed by atoms with Gasteiger partial charge < -0.3 is 5.32 Å². The van der Waals surface area contributed by atoms with Gasteiger partial charge in [0.2, 0.25) is 0 Å². The van der Waals surface area contributed by atoms with Gasteiger partial charge in [-0.2, -0.15) is 0 Å². The number of non-ortho nitro benzene ring substituents is 1. The Morgan fingerprint density at radius 2 is 2.19 bits per heavy atom. The summed E-state index contributed by atoms with van der Waals surface area (Å²) in [5.41, 5.74) is 0.263. The standard InChI is InChI=1S/C15H18FN3O2/c1-4-12(9(2)3)18-15-11(16)8-13(19(20)21)10-6-5-7-17-14(10)15/h5-9,12,18H,4H2,1-3H3. The molecule has 0 fully saturated rings. The smallest absolute Gasteiger partial charge is 0.281 e. The van der Waals surface area contributed by atoms with Gasteiger partial charge >= 0.3 is 0 Å². The van der Waals surface area contributed by atoms with Gasteiger partial charge in [0.15, 0.2) is 5.82 Å². The van der Waals surface area contributed by atoms with Crippen LogP contribution in [0.4, 0.5) is 15.8 Å². The number of halogens is 1. The number of fused-ring (bicyclic) bond motifs is 1. The molecule has 1 aromatic carbocycles. The van der Waals surface area contributed by atoms with E-state index in [0.717, 1.165) is 12.5 Å². The van der Waals surface area contributed by atoms with E-state index in [9.17, 15) is 14.5 Å². The molecule has 6 heteroatoms. The molecule has 0 aliphatic rings. The number of pyridine rings is 1. The molecular weight excluding hydrogens is 273 g/mol. The summed E-state index contributed by atoms with van der Waals surface area (Å²) in [5, 5.41) is 14.5. The Kier molecular flexibility index (Phi) is 4.35. The maximum Gasteiger partial charge on any atom is 0.281 e. The molecule has 0 saturated heterocycles. The predicted octanol–water partition coefficient (Wildman–Crippen LogP) is 4.13. The minimum absolute atomic E-state index is 0.0752. The number of nitro benzene ring substituents is 1. The molecule has 1 heterocycles. The molecule has 0 radical (unpaired) electrons. The predicted molar refractivity (Wildman–Crippen MR) is 80.9 cm³/mol. The Bertz CT molecular complexity index is 673. The van der Waals surface area contributed by atoms with Crippen LogP contribution >= 0.6 is 0 Å². The van der Waals surface area contributed by atoms with Crippen molar-refractivity contribution in [1.29, 1.82) is 0 Å². The van der Waals surface area contributed by atoms with Crippen molar-refractivity contribution >= 4 is 22.3 Å². The summed E-state index contributed by atoms with van der Waals surface area (Å²) in [6.07, 6.45) is 2.33. The molecule has 0 spiro atoms. The van der Waals surface area contributed by atoms with E-state index < -0.39 is 10.7 Å². The minimum atomic E-state index is -0.646. The van der Waals surface area contributed by atoms with Crippen LogP contribution in [0.5, 0.6) is 0 Å². The maximum absolute atomic E-state index is 14.3. The first-order chi connectivity index (χ1) is 9.95. The van der Waals surface area contributed by atoms with E-state index in [1.807, 2.05) is 20.8 Å². The summed E-state index contributed by atoms with van der Waals surface area (Å²) in [6, 6.07) is 4.23. The van der Waals surface area contributed by atoms with Gasteiger partial charge in [-0.05, 0) is 24.5 Å². The molecule has 0 amide bonds. The van der Waals surface area contributed by atoms with Crippen molar-refractivity contribution in [1.82, 2.24) is 4.98 Å². The lowest BCUT2D eigenvalue weighted by Gasteiger charge is -2.23. The van der Waals surface area contributed by atoms with Crippen molar-refractivity contribution in [3.05, 3.63) is 40.3 Å². The van der Waals surface area contributed by atoms with Crippen molar-refractivity contribution in [3.8, 4) is 0 Å². The number of hydrogen-bond donors (Lipinski definition) is 1. The summed E-state index contributed by atoms with van der Waals surface area (Å²) >= 11 is 0. The highest BCUT2D eigenvalue weighted by Gasteiger charge is 2.22. The van der Waals surface area contributed by atoms with Gasteiger partial charge in [0.1, 0.15) is 5.52 Å². The van der Waals surface area contributed by atoms with Crippen LogP contribution in [0.3, 0.4) is 0 Å². The molecule has 2 rings (SSSR count). The average Bonchev–Trinajstić information content (AvgIpc) is 2.45. The first-order valence-corrected chi connectivity index (χ1v) is 6.93. The number of nitrogens with one attached hydrogen (secondary N) is 1. The fraction of sp³-hybridized carbons (Fsp3) is 0.400. The highest BCUT2D eigenvalue weighted by atomic mass is 19.1. The molecule has 0 aliphatic carbocycles. The summed E-state index contributed by atoms with van der Waals surface area (Å²) in [6.45, 7) is 6.09. The van der Waals surface area contributed by atoms with Crippen LogP contribution in [0.15, 0.2) is 24.4 Å². The number of rotatable bonds is 5. The van der Waals surface area contributed by atoms with Crippen molar-refractivity contribution in [2.75, 3.05) is 5.32 Å². The molecular formula is C15H18FN3O2.